The van der Waals surface area contributed by atoms with E-state index < -0.39 is 17.0 Å². The first kappa shape index (κ1) is 15.0. The Labute approximate surface area is 123 Å². The van der Waals surface area contributed by atoms with Gasteiger partial charge in [0.25, 0.3) is 0 Å². The number of hydrogen-bond donors (Lipinski definition) is 1. The molecule has 2 aromatic carbocycles. The zero-order valence-corrected chi connectivity index (χ0v) is 12.0. The maximum absolute atomic E-state index is 13.1. The summed E-state index contributed by atoms with van der Waals surface area (Å²) in [7, 11) is 0. The number of benzene rings is 2. The Morgan fingerprint density at radius 1 is 1.05 bits per heavy atom. The van der Waals surface area contributed by atoms with Crippen LogP contribution in [0.4, 0.5) is 14.5 Å². The molecule has 21 heavy (non-hydrogen) atoms. The number of hydrogen-bond acceptors (Lipinski definition) is 2. The molecule has 2 rings (SSSR count). The van der Waals surface area contributed by atoms with Crippen LogP contribution in [-0.4, -0.2) is 0 Å². The van der Waals surface area contributed by atoms with Crippen molar-refractivity contribution in [3.63, 3.8) is 0 Å². The van der Waals surface area contributed by atoms with Crippen molar-refractivity contribution < 1.29 is 8.78 Å². The smallest absolute Gasteiger partial charge is 0.159 e. The van der Waals surface area contributed by atoms with Crippen LogP contribution in [0, 0.1) is 23.0 Å². The van der Waals surface area contributed by atoms with Gasteiger partial charge >= 0.3 is 0 Å². The van der Waals surface area contributed by atoms with E-state index in [4.69, 9.17) is 5.26 Å². The van der Waals surface area contributed by atoms with Crippen LogP contribution in [0.25, 0.3) is 0 Å². The Morgan fingerprint density at radius 3 is 2.29 bits per heavy atom. The molecule has 0 unspecified atom stereocenters. The minimum atomic E-state index is -0.847. The van der Waals surface area contributed by atoms with Gasteiger partial charge in [-0.05, 0) is 49.2 Å². The van der Waals surface area contributed by atoms with Crippen LogP contribution in [0.3, 0.4) is 0 Å². The minimum absolute atomic E-state index is 0.401. The molecule has 0 heterocycles. The Kier molecular flexibility index (Phi) is 4.23. The van der Waals surface area contributed by atoms with Crippen LogP contribution >= 0.6 is 0 Å². The molecule has 0 aliphatic carbocycles. The van der Waals surface area contributed by atoms with Gasteiger partial charge in [0.1, 0.15) is 0 Å². The lowest BCUT2D eigenvalue weighted by atomic mass is 9.86. The fraction of sp³-hybridized carbons (Fsp3) is 0.235. The van der Waals surface area contributed by atoms with E-state index in [2.05, 4.69) is 11.4 Å². The zero-order valence-electron chi connectivity index (χ0n) is 12.0. The van der Waals surface area contributed by atoms with Crippen LogP contribution in [0.5, 0.6) is 0 Å². The normalized spacial score (nSPS) is 11.0. The molecule has 0 saturated heterocycles. The van der Waals surface area contributed by atoms with Gasteiger partial charge in [-0.1, -0.05) is 18.2 Å². The van der Waals surface area contributed by atoms with E-state index in [-0.39, 0.29) is 0 Å². The van der Waals surface area contributed by atoms with Crippen molar-refractivity contribution >= 4 is 5.69 Å². The SMILES string of the molecule is CC(C)(C#N)c1ccc(NCc2ccc(F)c(F)c2)cc1. The first-order chi connectivity index (χ1) is 9.92. The number of rotatable bonds is 4. The number of nitriles is 1. The van der Waals surface area contributed by atoms with Crippen molar-refractivity contribution in [1.29, 1.82) is 5.26 Å². The summed E-state index contributed by atoms with van der Waals surface area (Å²) in [5.74, 6) is -1.69. The molecule has 0 aliphatic heterocycles. The third-order valence-electron chi connectivity index (χ3n) is 3.37. The van der Waals surface area contributed by atoms with Crippen molar-refractivity contribution in [3.8, 4) is 6.07 Å². The van der Waals surface area contributed by atoms with E-state index in [9.17, 15) is 8.78 Å². The fourth-order valence-electron chi connectivity index (χ4n) is 1.92. The average molecular weight is 286 g/mol. The second kappa shape index (κ2) is 5.92. The summed E-state index contributed by atoms with van der Waals surface area (Å²) in [4.78, 5) is 0. The summed E-state index contributed by atoms with van der Waals surface area (Å²) < 4.78 is 25.9. The van der Waals surface area contributed by atoms with Gasteiger partial charge in [-0.3, -0.25) is 0 Å². The number of nitrogens with zero attached hydrogens (tertiary/aromatic N) is 1. The van der Waals surface area contributed by atoms with Gasteiger partial charge in [-0.25, -0.2) is 8.78 Å². The molecule has 0 saturated carbocycles. The summed E-state index contributed by atoms with van der Waals surface area (Å²) >= 11 is 0. The van der Waals surface area contributed by atoms with E-state index in [1.54, 1.807) is 6.07 Å². The first-order valence-electron chi connectivity index (χ1n) is 6.62. The third-order valence-corrected chi connectivity index (χ3v) is 3.37. The van der Waals surface area contributed by atoms with Gasteiger partial charge in [0.05, 0.1) is 11.5 Å². The first-order valence-corrected chi connectivity index (χ1v) is 6.62. The molecule has 108 valence electrons. The molecule has 0 bridgehead atoms. The largest absolute Gasteiger partial charge is 0.381 e. The Morgan fingerprint density at radius 2 is 1.71 bits per heavy atom. The van der Waals surface area contributed by atoms with Gasteiger partial charge in [0, 0.05) is 12.2 Å². The van der Waals surface area contributed by atoms with Gasteiger partial charge in [0.2, 0.25) is 0 Å². The van der Waals surface area contributed by atoms with Crippen LogP contribution in [0.2, 0.25) is 0 Å². The van der Waals surface area contributed by atoms with Crippen molar-refractivity contribution in [3.05, 3.63) is 65.2 Å². The predicted octanol–water partition coefficient (Wildman–Crippen LogP) is 4.38. The molecule has 0 aromatic heterocycles. The van der Waals surface area contributed by atoms with E-state index >= 15 is 0 Å². The quantitative estimate of drug-likeness (QED) is 0.905. The maximum Gasteiger partial charge on any atom is 0.159 e. The number of halogens is 2. The van der Waals surface area contributed by atoms with Crippen molar-refractivity contribution in [2.45, 2.75) is 25.8 Å². The zero-order chi connectivity index (χ0) is 15.5. The highest BCUT2D eigenvalue weighted by molar-refractivity contribution is 5.47. The molecule has 2 aromatic rings. The second-order valence-electron chi connectivity index (χ2n) is 5.42. The Balaban J connectivity index is 2.04. The molecule has 4 heteroatoms. The summed E-state index contributed by atoms with van der Waals surface area (Å²) in [6.45, 7) is 4.12. The second-order valence-corrected chi connectivity index (χ2v) is 5.42. The molecule has 0 amide bonds. The number of anilines is 1. The lowest BCUT2D eigenvalue weighted by Gasteiger charge is -2.16. The molecule has 0 atom stereocenters. The van der Waals surface area contributed by atoms with Gasteiger partial charge in [0.15, 0.2) is 11.6 Å². The average Bonchev–Trinajstić information content (AvgIpc) is 2.49. The molecule has 2 nitrogen and oxygen atoms in total. The molecular weight excluding hydrogens is 270 g/mol. The van der Waals surface area contributed by atoms with Crippen molar-refractivity contribution in [1.82, 2.24) is 0 Å². The van der Waals surface area contributed by atoms with Gasteiger partial charge in [-0.2, -0.15) is 5.26 Å². The van der Waals surface area contributed by atoms with Crippen LogP contribution in [-0.2, 0) is 12.0 Å². The van der Waals surface area contributed by atoms with E-state index in [1.165, 1.54) is 6.07 Å². The minimum Gasteiger partial charge on any atom is -0.381 e. The van der Waals surface area contributed by atoms with Gasteiger partial charge in [-0.15, -0.1) is 0 Å². The summed E-state index contributed by atoms with van der Waals surface area (Å²) in [5.41, 5.74) is 1.93. The highest BCUT2D eigenvalue weighted by Crippen LogP contribution is 2.23. The monoisotopic (exact) mass is 286 g/mol. The number of nitrogens with one attached hydrogen (secondary N) is 1. The Bertz CT molecular complexity index is 670. The van der Waals surface area contributed by atoms with E-state index in [1.807, 2.05) is 38.1 Å². The topological polar surface area (TPSA) is 35.8 Å². The Hall–Kier alpha value is -2.41. The molecule has 0 aliphatic rings. The predicted molar refractivity (Wildman–Crippen MR) is 78.8 cm³/mol. The highest BCUT2D eigenvalue weighted by atomic mass is 19.2. The van der Waals surface area contributed by atoms with E-state index in [0.717, 1.165) is 17.3 Å². The van der Waals surface area contributed by atoms with Crippen LogP contribution < -0.4 is 5.32 Å². The summed E-state index contributed by atoms with van der Waals surface area (Å²) in [5, 5.41) is 12.2. The van der Waals surface area contributed by atoms with Crippen molar-refractivity contribution in [2.75, 3.05) is 5.32 Å². The van der Waals surface area contributed by atoms with Gasteiger partial charge < -0.3 is 5.32 Å². The third kappa shape index (κ3) is 3.57. The van der Waals surface area contributed by atoms with Crippen molar-refractivity contribution in [2.24, 2.45) is 0 Å². The molecule has 0 fully saturated rings. The highest BCUT2D eigenvalue weighted by Gasteiger charge is 2.18. The standard InChI is InChI=1S/C17H16F2N2/c1-17(2,11-20)13-4-6-14(7-5-13)21-10-12-3-8-15(18)16(19)9-12/h3-9,21H,10H2,1-2H3. The summed E-state index contributed by atoms with van der Waals surface area (Å²) in [6, 6.07) is 13.6. The van der Waals surface area contributed by atoms with E-state index in [0.29, 0.717) is 12.1 Å². The lowest BCUT2D eigenvalue weighted by Crippen LogP contribution is -2.13. The molecule has 1 N–H and O–H groups in total. The molecule has 0 radical (unpaired) electrons. The van der Waals surface area contributed by atoms with Crippen LogP contribution in [0.1, 0.15) is 25.0 Å². The lowest BCUT2D eigenvalue weighted by molar-refractivity contribution is 0.507. The fourth-order valence-corrected chi connectivity index (χ4v) is 1.92. The molecule has 0 spiro atoms. The van der Waals surface area contributed by atoms with Crippen LogP contribution in [0.15, 0.2) is 42.5 Å². The maximum atomic E-state index is 13.1. The molecular formula is C17H16F2N2. The summed E-state index contributed by atoms with van der Waals surface area (Å²) in [6.07, 6.45) is 0.